The fraction of sp³-hybridized carbons (Fsp3) is 0.545. The van der Waals surface area contributed by atoms with E-state index >= 15 is 0 Å². The first-order chi connectivity index (χ1) is 8.22. The average Bonchev–Trinajstić information content (AvgIpc) is 2.39. The Labute approximate surface area is 104 Å². The second kappa shape index (κ2) is 5.35. The number of carboxylic acid groups (broad SMARTS) is 1. The van der Waals surface area contributed by atoms with Crippen molar-refractivity contribution < 1.29 is 9.90 Å². The molecule has 1 unspecified atom stereocenters. The summed E-state index contributed by atoms with van der Waals surface area (Å²) in [5.74, 6) is 1.49. The van der Waals surface area contributed by atoms with Gasteiger partial charge in [-0.1, -0.05) is 6.92 Å². The van der Waals surface area contributed by atoms with Crippen LogP contribution in [0.15, 0.2) is 12.4 Å². The number of carboxylic acids is 1. The Morgan fingerprint density at radius 1 is 1.65 bits per heavy atom. The number of anilines is 1. The highest BCUT2D eigenvalue weighted by Gasteiger charge is 2.29. The van der Waals surface area contributed by atoms with Gasteiger partial charge in [-0.15, -0.1) is 0 Å². The SMILES string of the molecule is CCc1cc(N2CCSCC2C(=O)O)ncn1. The van der Waals surface area contributed by atoms with Gasteiger partial charge in [0.15, 0.2) is 0 Å². The van der Waals surface area contributed by atoms with Gasteiger partial charge in [-0.2, -0.15) is 11.8 Å². The Balaban J connectivity index is 2.26. The summed E-state index contributed by atoms with van der Waals surface area (Å²) in [6.07, 6.45) is 2.34. The lowest BCUT2D eigenvalue weighted by Crippen LogP contribution is -2.47. The Kier molecular flexibility index (Phi) is 3.83. The van der Waals surface area contributed by atoms with Gasteiger partial charge in [0.25, 0.3) is 0 Å². The highest BCUT2D eigenvalue weighted by molar-refractivity contribution is 7.99. The van der Waals surface area contributed by atoms with E-state index in [1.54, 1.807) is 11.8 Å². The van der Waals surface area contributed by atoms with Crippen molar-refractivity contribution >= 4 is 23.5 Å². The fourth-order valence-electron chi connectivity index (χ4n) is 1.82. The van der Waals surface area contributed by atoms with Gasteiger partial charge < -0.3 is 10.0 Å². The first-order valence-corrected chi connectivity index (χ1v) is 6.76. The van der Waals surface area contributed by atoms with E-state index in [2.05, 4.69) is 9.97 Å². The predicted molar refractivity (Wildman–Crippen MR) is 67.5 cm³/mol. The van der Waals surface area contributed by atoms with Gasteiger partial charge in [-0.3, -0.25) is 0 Å². The third-order valence-corrected chi connectivity index (χ3v) is 3.80. The van der Waals surface area contributed by atoms with Crippen LogP contribution in [0.4, 0.5) is 5.82 Å². The smallest absolute Gasteiger partial charge is 0.327 e. The molecule has 6 heteroatoms. The second-order valence-electron chi connectivity index (χ2n) is 3.84. The first kappa shape index (κ1) is 12.2. The monoisotopic (exact) mass is 253 g/mol. The molecule has 1 aliphatic heterocycles. The third-order valence-electron chi connectivity index (χ3n) is 2.78. The molecule has 1 N–H and O–H groups in total. The van der Waals surface area contributed by atoms with Crippen LogP contribution in [0.2, 0.25) is 0 Å². The van der Waals surface area contributed by atoms with Crippen molar-refractivity contribution in [2.24, 2.45) is 0 Å². The van der Waals surface area contributed by atoms with Crippen LogP contribution in [0.25, 0.3) is 0 Å². The normalized spacial score (nSPS) is 20.3. The van der Waals surface area contributed by atoms with E-state index in [0.29, 0.717) is 5.75 Å². The van der Waals surface area contributed by atoms with Gasteiger partial charge in [-0.05, 0) is 6.42 Å². The molecule has 1 aliphatic rings. The Morgan fingerprint density at radius 3 is 3.18 bits per heavy atom. The summed E-state index contributed by atoms with van der Waals surface area (Å²) in [5, 5.41) is 9.20. The van der Waals surface area contributed by atoms with Crippen LogP contribution >= 0.6 is 11.8 Å². The number of carbonyl (C=O) groups is 1. The zero-order valence-electron chi connectivity index (χ0n) is 9.67. The van der Waals surface area contributed by atoms with Gasteiger partial charge in [0, 0.05) is 29.8 Å². The number of thioether (sulfide) groups is 1. The zero-order valence-corrected chi connectivity index (χ0v) is 10.5. The molecule has 17 heavy (non-hydrogen) atoms. The third kappa shape index (κ3) is 2.69. The number of nitrogens with zero attached hydrogens (tertiary/aromatic N) is 3. The lowest BCUT2D eigenvalue weighted by atomic mass is 10.2. The van der Waals surface area contributed by atoms with Crippen molar-refractivity contribution in [2.45, 2.75) is 19.4 Å². The molecular weight excluding hydrogens is 238 g/mol. The van der Waals surface area contributed by atoms with Gasteiger partial charge in [0.2, 0.25) is 0 Å². The van der Waals surface area contributed by atoms with Gasteiger partial charge in [0.1, 0.15) is 18.2 Å². The van der Waals surface area contributed by atoms with E-state index in [1.807, 2.05) is 17.9 Å². The fourth-order valence-corrected chi connectivity index (χ4v) is 2.86. The van der Waals surface area contributed by atoms with Crippen LogP contribution in [0.1, 0.15) is 12.6 Å². The molecule has 1 saturated heterocycles. The maximum atomic E-state index is 11.2. The number of aromatic nitrogens is 2. The number of aliphatic carboxylic acids is 1. The molecule has 0 aliphatic carbocycles. The van der Waals surface area contributed by atoms with E-state index in [9.17, 15) is 9.90 Å². The molecule has 0 saturated carbocycles. The van der Waals surface area contributed by atoms with Crippen molar-refractivity contribution in [3.63, 3.8) is 0 Å². The van der Waals surface area contributed by atoms with E-state index in [0.717, 1.165) is 30.2 Å². The molecule has 1 aromatic rings. The number of rotatable bonds is 3. The first-order valence-electron chi connectivity index (χ1n) is 5.60. The Hall–Kier alpha value is -1.30. The highest BCUT2D eigenvalue weighted by atomic mass is 32.2. The molecular formula is C11H15N3O2S. The molecule has 0 bridgehead atoms. The van der Waals surface area contributed by atoms with Crippen LogP contribution in [-0.2, 0) is 11.2 Å². The summed E-state index contributed by atoms with van der Waals surface area (Å²) in [6.45, 7) is 2.74. The predicted octanol–water partition coefficient (Wildman–Crippen LogP) is 1.05. The van der Waals surface area contributed by atoms with Crippen LogP contribution in [0.3, 0.4) is 0 Å². The van der Waals surface area contributed by atoms with Gasteiger partial charge >= 0.3 is 5.97 Å². The molecule has 2 rings (SSSR count). The molecule has 5 nitrogen and oxygen atoms in total. The van der Waals surface area contributed by atoms with Crippen molar-refractivity contribution in [1.29, 1.82) is 0 Å². The summed E-state index contributed by atoms with van der Waals surface area (Å²) in [7, 11) is 0. The van der Waals surface area contributed by atoms with Gasteiger partial charge in [0.05, 0.1) is 0 Å². The maximum absolute atomic E-state index is 11.2. The number of hydrogen-bond donors (Lipinski definition) is 1. The standard InChI is InChI=1S/C11H15N3O2S/c1-2-8-5-10(13-7-12-8)14-3-4-17-6-9(14)11(15)16/h5,7,9H,2-4,6H2,1H3,(H,15,16). The minimum absolute atomic E-state index is 0.478. The van der Waals surface area contributed by atoms with Crippen molar-refractivity contribution in [3.8, 4) is 0 Å². The van der Waals surface area contributed by atoms with Crippen LogP contribution in [0, 0.1) is 0 Å². The highest BCUT2D eigenvalue weighted by Crippen LogP contribution is 2.22. The summed E-state index contributed by atoms with van der Waals surface area (Å²) < 4.78 is 0. The molecule has 0 spiro atoms. The van der Waals surface area contributed by atoms with Crippen molar-refractivity contribution in [3.05, 3.63) is 18.1 Å². The minimum atomic E-state index is -0.783. The summed E-state index contributed by atoms with van der Waals surface area (Å²) in [6, 6.07) is 1.40. The quantitative estimate of drug-likeness (QED) is 0.868. The number of hydrogen-bond acceptors (Lipinski definition) is 5. The van der Waals surface area contributed by atoms with Crippen LogP contribution in [0.5, 0.6) is 0 Å². The Bertz CT molecular complexity index is 413. The van der Waals surface area contributed by atoms with E-state index in [4.69, 9.17) is 0 Å². The molecule has 1 fully saturated rings. The Morgan fingerprint density at radius 2 is 2.47 bits per heavy atom. The second-order valence-corrected chi connectivity index (χ2v) is 4.99. The maximum Gasteiger partial charge on any atom is 0.327 e. The summed E-state index contributed by atoms with van der Waals surface area (Å²) >= 11 is 1.67. The molecule has 0 amide bonds. The van der Waals surface area contributed by atoms with Crippen LogP contribution < -0.4 is 4.90 Å². The molecule has 0 radical (unpaired) electrons. The summed E-state index contributed by atoms with van der Waals surface area (Å²) in [4.78, 5) is 21.4. The van der Waals surface area contributed by atoms with Crippen molar-refractivity contribution in [2.75, 3.05) is 23.0 Å². The molecule has 0 aromatic carbocycles. The molecule has 1 atom stereocenters. The average molecular weight is 253 g/mol. The molecule has 2 heterocycles. The topological polar surface area (TPSA) is 66.3 Å². The van der Waals surface area contributed by atoms with E-state index in [1.165, 1.54) is 6.33 Å². The largest absolute Gasteiger partial charge is 0.480 e. The summed E-state index contributed by atoms with van der Waals surface area (Å²) in [5.41, 5.74) is 0.942. The van der Waals surface area contributed by atoms with Gasteiger partial charge in [-0.25, -0.2) is 14.8 Å². The lowest BCUT2D eigenvalue weighted by Gasteiger charge is -2.33. The molecule has 92 valence electrons. The zero-order chi connectivity index (χ0) is 12.3. The lowest BCUT2D eigenvalue weighted by molar-refractivity contribution is -0.138. The van der Waals surface area contributed by atoms with E-state index in [-0.39, 0.29) is 0 Å². The van der Waals surface area contributed by atoms with Crippen LogP contribution in [-0.4, -0.2) is 45.1 Å². The van der Waals surface area contributed by atoms with E-state index < -0.39 is 12.0 Å². The molecule has 1 aromatic heterocycles. The van der Waals surface area contributed by atoms with Crippen molar-refractivity contribution in [1.82, 2.24) is 9.97 Å². The number of aryl methyl sites for hydroxylation is 1. The minimum Gasteiger partial charge on any atom is -0.480 e.